The summed E-state index contributed by atoms with van der Waals surface area (Å²) < 4.78 is 47.3. The Morgan fingerprint density at radius 2 is 2.12 bits per heavy atom. The first-order chi connectivity index (χ1) is 15.6. The summed E-state index contributed by atoms with van der Waals surface area (Å²) >= 11 is 2.56. The molecule has 3 aromatic rings. The molecule has 0 bridgehead atoms. The number of nitrogens with zero attached hydrogens (tertiary/aromatic N) is 2. The summed E-state index contributed by atoms with van der Waals surface area (Å²) in [6.45, 7) is 5.39. The number of esters is 1. The molecule has 0 spiro atoms. The van der Waals surface area contributed by atoms with Gasteiger partial charge in [0.1, 0.15) is 10.8 Å². The molecule has 2 atom stereocenters. The molecule has 0 fully saturated rings. The fourth-order valence-corrected chi connectivity index (χ4v) is 5.53. The molecule has 4 rings (SSSR count). The topological polar surface area (TPSA) is 85.2 Å². The van der Waals surface area contributed by atoms with Gasteiger partial charge < -0.3 is 15.4 Å². The lowest BCUT2D eigenvalue weighted by atomic mass is 10.0. The second kappa shape index (κ2) is 8.82. The SMILES string of the molecule is CCOC(=O)c1c(NC(=O)c2cc3n(n2)[C@H](C(F)(F)F)C[C@@H](c2cccs2)N3)sc(C)c1C. The number of fused-ring (bicyclic) bond motifs is 1. The van der Waals surface area contributed by atoms with Gasteiger partial charge in [0.2, 0.25) is 0 Å². The number of aromatic nitrogens is 2. The Kier molecular flexibility index (Phi) is 6.23. The van der Waals surface area contributed by atoms with Crippen LogP contribution in [0.1, 0.15) is 61.6 Å². The number of carbonyl (C=O) groups is 2. The Morgan fingerprint density at radius 1 is 1.36 bits per heavy atom. The van der Waals surface area contributed by atoms with Gasteiger partial charge in [0.05, 0.1) is 18.2 Å². The molecule has 1 amide bonds. The van der Waals surface area contributed by atoms with Crippen LogP contribution in [0.25, 0.3) is 0 Å². The molecule has 176 valence electrons. The predicted octanol–water partition coefficient (Wildman–Crippen LogP) is 5.71. The van der Waals surface area contributed by atoms with Gasteiger partial charge in [0.25, 0.3) is 5.91 Å². The van der Waals surface area contributed by atoms with Gasteiger partial charge >= 0.3 is 12.1 Å². The van der Waals surface area contributed by atoms with E-state index in [1.165, 1.54) is 28.7 Å². The second-order valence-corrected chi connectivity index (χ2v) is 9.73. The normalized spacial score (nSPS) is 17.9. The Bertz CT molecular complexity index is 1180. The summed E-state index contributed by atoms with van der Waals surface area (Å²) in [5, 5.41) is 11.7. The molecule has 33 heavy (non-hydrogen) atoms. The predicted molar refractivity (Wildman–Crippen MR) is 120 cm³/mol. The van der Waals surface area contributed by atoms with Crippen LogP contribution in [0.15, 0.2) is 23.6 Å². The average Bonchev–Trinajstić information content (AvgIpc) is 3.46. The first-order valence-electron chi connectivity index (χ1n) is 10.1. The van der Waals surface area contributed by atoms with Gasteiger partial charge in [-0.05, 0) is 37.8 Å². The highest BCUT2D eigenvalue weighted by Crippen LogP contribution is 2.44. The van der Waals surface area contributed by atoms with Crippen LogP contribution in [0, 0.1) is 13.8 Å². The average molecular weight is 499 g/mol. The van der Waals surface area contributed by atoms with Crippen molar-refractivity contribution >= 4 is 45.4 Å². The minimum Gasteiger partial charge on any atom is -0.462 e. The molecule has 0 radical (unpaired) electrons. The van der Waals surface area contributed by atoms with Crippen molar-refractivity contribution in [1.29, 1.82) is 0 Å². The molecule has 1 aliphatic heterocycles. The lowest BCUT2D eigenvalue weighted by Crippen LogP contribution is -2.35. The quantitative estimate of drug-likeness (QED) is 0.440. The molecule has 0 saturated carbocycles. The van der Waals surface area contributed by atoms with Crippen molar-refractivity contribution in [3.63, 3.8) is 0 Å². The lowest BCUT2D eigenvalue weighted by Gasteiger charge is -2.32. The lowest BCUT2D eigenvalue weighted by molar-refractivity contribution is -0.173. The van der Waals surface area contributed by atoms with Crippen molar-refractivity contribution < 1.29 is 27.5 Å². The maximum Gasteiger partial charge on any atom is 0.410 e. The second-order valence-electron chi connectivity index (χ2n) is 7.53. The van der Waals surface area contributed by atoms with Gasteiger partial charge in [-0.2, -0.15) is 18.3 Å². The molecule has 7 nitrogen and oxygen atoms in total. The summed E-state index contributed by atoms with van der Waals surface area (Å²) in [4.78, 5) is 26.9. The van der Waals surface area contributed by atoms with Crippen LogP contribution in [-0.2, 0) is 4.74 Å². The van der Waals surface area contributed by atoms with Gasteiger partial charge in [-0.1, -0.05) is 6.07 Å². The highest BCUT2D eigenvalue weighted by Gasteiger charge is 2.47. The number of nitrogens with one attached hydrogen (secondary N) is 2. The van der Waals surface area contributed by atoms with Gasteiger partial charge in [-0.15, -0.1) is 22.7 Å². The first kappa shape index (κ1) is 23.3. The van der Waals surface area contributed by atoms with Crippen LogP contribution >= 0.6 is 22.7 Å². The zero-order valence-electron chi connectivity index (χ0n) is 17.9. The number of aryl methyl sites for hydroxylation is 1. The maximum atomic E-state index is 13.8. The van der Waals surface area contributed by atoms with E-state index in [1.54, 1.807) is 38.3 Å². The Labute approximate surface area is 195 Å². The summed E-state index contributed by atoms with van der Waals surface area (Å²) in [6, 6.07) is 2.43. The number of anilines is 2. The summed E-state index contributed by atoms with van der Waals surface area (Å²) in [7, 11) is 0. The highest BCUT2D eigenvalue weighted by molar-refractivity contribution is 7.16. The number of hydrogen-bond donors (Lipinski definition) is 2. The molecule has 4 heterocycles. The zero-order valence-corrected chi connectivity index (χ0v) is 19.6. The number of thiophene rings is 2. The van der Waals surface area contributed by atoms with Crippen LogP contribution in [0.5, 0.6) is 0 Å². The number of halogens is 3. The number of amides is 1. The van der Waals surface area contributed by atoms with E-state index in [0.29, 0.717) is 5.56 Å². The molecule has 0 aromatic carbocycles. The molecule has 1 aliphatic rings. The van der Waals surface area contributed by atoms with E-state index in [2.05, 4.69) is 15.7 Å². The zero-order chi connectivity index (χ0) is 23.9. The number of alkyl halides is 3. The first-order valence-corrected chi connectivity index (χ1v) is 11.8. The third kappa shape index (κ3) is 4.49. The van der Waals surface area contributed by atoms with Crippen LogP contribution in [0.3, 0.4) is 0 Å². The fraction of sp³-hybridized carbons (Fsp3) is 0.381. The van der Waals surface area contributed by atoms with Crippen molar-refractivity contribution in [2.24, 2.45) is 0 Å². The summed E-state index contributed by atoms with van der Waals surface area (Å²) in [6.07, 6.45) is -4.78. The van der Waals surface area contributed by atoms with E-state index >= 15 is 0 Å². The monoisotopic (exact) mass is 498 g/mol. The van der Waals surface area contributed by atoms with Crippen molar-refractivity contribution in [3.05, 3.63) is 50.2 Å². The van der Waals surface area contributed by atoms with Crippen LogP contribution in [0.4, 0.5) is 24.0 Å². The van der Waals surface area contributed by atoms with E-state index in [0.717, 1.165) is 14.4 Å². The molecular formula is C21H21F3N4O3S2. The van der Waals surface area contributed by atoms with E-state index in [9.17, 15) is 22.8 Å². The van der Waals surface area contributed by atoms with Crippen molar-refractivity contribution in [2.45, 2.75) is 45.5 Å². The number of hydrogen-bond acceptors (Lipinski definition) is 7. The Balaban J connectivity index is 1.64. The smallest absolute Gasteiger partial charge is 0.410 e. The molecule has 3 aromatic heterocycles. The van der Waals surface area contributed by atoms with Crippen molar-refractivity contribution in [2.75, 3.05) is 17.2 Å². The third-order valence-electron chi connectivity index (χ3n) is 5.40. The van der Waals surface area contributed by atoms with Crippen molar-refractivity contribution in [3.8, 4) is 0 Å². The van der Waals surface area contributed by atoms with Crippen LogP contribution < -0.4 is 10.6 Å². The van der Waals surface area contributed by atoms with Gasteiger partial charge in [-0.25, -0.2) is 9.48 Å². The molecular weight excluding hydrogens is 477 g/mol. The fourth-order valence-electron chi connectivity index (χ4n) is 3.69. The largest absolute Gasteiger partial charge is 0.462 e. The molecule has 12 heteroatoms. The molecule has 0 aliphatic carbocycles. The summed E-state index contributed by atoms with van der Waals surface area (Å²) in [5.74, 6) is -1.17. The Morgan fingerprint density at radius 3 is 2.76 bits per heavy atom. The molecule has 0 saturated heterocycles. The standard InChI is InChI=1S/C21H21F3N4O3S2/c1-4-31-20(30)17-10(2)11(3)33-19(17)26-18(29)13-9-16-25-12(14-6-5-7-32-14)8-15(21(22,23)24)28(16)27-13/h5-7,9,12,15,25H,4,8H2,1-3H3,(H,26,29)/t12-,15-/m0/s1. The number of carbonyl (C=O) groups excluding carboxylic acids is 2. The highest BCUT2D eigenvalue weighted by atomic mass is 32.1. The summed E-state index contributed by atoms with van der Waals surface area (Å²) in [5.41, 5.74) is 0.730. The minimum absolute atomic E-state index is 0.108. The third-order valence-corrected chi connectivity index (χ3v) is 7.51. The van der Waals surface area contributed by atoms with E-state index in [4.69, 9.17) is 4.74 Å². The van der Waals surface area contributed by atoms with Crippen LogP contribution in [0.2, 0.25) is 0 Å². The van der Waals surface area contributed by atoms with E-state index < -0.39 is 30.1 Å². The van der Waals surface area contributed by atoms with Gasteiger partial charge in [0.15, 0.2) is 11.7 Å². The van der Waals surface area contributed by atoms with E-state index in [1.807, 2.05) is 0 Å². The molecule has 2 N–H and O–H groups in total. The Hall–Kier alpha value is -2.86. The minimum atomic E-state index is -4.54. The van der Waals surface area contributed by atoms with Crippen LogP contribution in [-0.4, -0.2) is 34.4 Å². The molecule has 0 unspecified atom stereocenters. The maximum absolute atomic E-state index is 13.8. The van der Waals surface area contributed by atoms with Crippen molar-refractivity contribution in [1.82, 2.24) is 9.78 Å². The number of rotatable bonds is 5. The van der Waals surface area contributed by atoms with Gasteiger partial charge in [-0.3, -0.25) is 4.79 Å². The van der Waals surface area contributed by atoms with E-state index in [-0.39, 0.29) is 35.1 Å². The number of ether oxygens (including phenoxy) is 1. The van der Waals surface area contributed by atoms with Gasteiger partial charge in [0, 0.05) is 22.2 Å².